The first-order chi connectivity index (χ1) is 11.2. The highest BCUT2D eigenvalue weighted by Gasteiger charge is 2.14. The van der Waals surface area contributed by atoms with Gasteiger partial charge in [0.15, 0.2) is 0 Å². The van der Waals surface area contributed by atoms with Crippen LogP contribution in [-0.2, 0) is 0 Å². The summed E-state index contributed by atoms with van der Waals surface area (Å²) in [5, 5.41) is 0.698. The van der Waals surface area contributed by atoms with Gasteiger partial charge in [-0.15, -0.1) is 0 Å². The zero-order chi connectivity index (χ0) is 15.8. The van der Waals surface area contributed by atoms with E-state index >= 15 is 0 Å². The van der Waals surface area contributed by atoms with Gasteiger partial charge in [-0.1, -0.05) is 41.9 Å². The van der Waals surface area contributed by atoms with Crippen molar-refractivity contribution >= 4 is 45.2 Å². The van der Waals surface area contributed by atoms with Gasteiger partial charge in [-0.25, -0.2) is 4.98 Å². The molecule has 0 spiro atoms. The molecule has 0 N–H and O–H groups in total. The number of benzene rings is 3. The van der Waals surface area contributed by atoms with E-state index in [1.165, 1.54) is 3.57 Å². The average molecular weight is 431 g/mol. The van der Waals surface area contributed by atoms with Crippen LogP contribution in [0.2, 0.25) is 5.02 Å². The summed E-state index contributed by atoms with van der Waals surface area (Å²) in [7, 11) is 0. The Balaban J connectivity index is 2.05. The SMILES string of the molecule is Clc1ccc2c(c1)nc(-c1ccccc1)n2-c1ccc(I)cc1. The average Bonchev–Trinajstić information content (AvgIpc) is 2.95. The number of fused-ring (bicyclic) bond motifs is 1. The van der Waals surface area contributed by atoms with Crippen LogP contribution in [0.25, 0.3) is 28.1 Å². The first kappa shape index (κ1) is 14.7. The topological polar surface area (TPSA) is 17.8 Å². The van der Waals surface area contributed by atoms with Crippen molar-refractivity contribution in [1.29, 1.82) is 0 Å². The molecule has 4 aromatic rings. The third-order valence-electron chi connectivity index (χ3n) is 3.73. The van der Waals surface area contributed by atoms with Gasteiger partial charge in [0.2, 0.25) is 0 Å². The molecule has 0 saturated heterocycles. The third kappa shape index (κ3) is 2.75. The van der Waals surface area contributed by atoms with Gasteiger partial charge < -0.3 is 0 Å². The molecule has 1 heterocycles. The van der Waals surface area contributed by atoms with Crippen LogP contribution >= 0.6 is 34.2 Å². The molecule has 1 aromatic heterocycles. The van der Waals surface area contributed by atoms with Gasteiger partial charge in [0, 0.05) is 19.8 Å². The standard InChI is InChI=1S/C19H12ClIN2/c20-14-6-11-18-17(12-14)22-19(13-4-2-1-3-5-13)23(18)16-9-7-15(21)8-10-16/h1-12H. The van der Waals surface area contributed by atoms with Gasteiger partial charge in [0.25, 0.3) is 0 Å². The highest BCUT2D eigenvalue weighted by Crippen LogP contribution is 2.30. The lowest BCUT2D eigenvalue weighted by Gasteiger charge is -2.09. The molecule has 23 heavy (non-hydrogen) atoms. The Kier molecular flexibility index (Phi) is 3.83. The molecule has 0 unspecified atom stereocenters. The van der Waals surface area contributed by atoms with Gasteiger partial charge in [-0.3, -0.25) is 4.57 Å². The first-order valence-electron chi connectivity index (χ1n) is 7.22. The summed E-state index contributed by atoms with van der Waals surface area (Å²) in [5.41, 5.74) is 4.12. The fourth-order valence-corrected chi connectivity index (χ4v) is 3.21. The van der Waals surface area contributed by atoms with Crippen LogP contribution in [0.15, 0.2) is 72.8 Å². The van der Waals surface area contributed by atoms with Crippen molar-refractivity contribution < 1.29 is 0 Å². The Morgan fingerprint density at radius 2 is 1.61 bits per heavy atom. The number of rotatable bonds is 2. The molecule has 0 saturated carbocycles. The van der Waals surface area contributed by atoms with Crippen LogP contribution in [-0.4, -0.2) is 9.55 Å². The van der Waals surface area contributed by atoms with Crippen molar-refractivity contribution in [3.63, 3.8) is 0 Å². The van der Waals surface area contributed by atoms with Crippen LogP contribution in [0.1, 0.15) is 0 Å². The Labute approximate surface area is 152 Å². The van der Waals surface area contributed by atoms with Crippen LogP contribution < -0.4 is 0 Å². The molecule has 0 fully saturated rings. The molecule has 4 rings (SSSR count). The first-order valence-corrected chi connectivity index (χ1v) is 8.67. The molecule has 0 aliphatic rings. The number of nitrogens with zero attached hydrogens (tertiary/aromatic N) is 2. The molecule has 0 amide bonds. The lowest BCUT2D eigenvalue weighted by atomic mass is 10.2. The molecule has 0 bridgehead atoms. The second kappa shape index (κ2) is 5.98. The zero-order valence-corrected chi connectivity index (χ0v) is 15.0. The van der Waals surface area contributed by atoms with Crippen molar-refractivity contribution in [2.75, 3.05) is 0 Å². The summed E-state index contributed by atoms with van der Waals surface area (Å²) in [4.78, 5) is 4.82. The summed E-state index contributed by atoms with van der Waals surface area (Å²) < 4.78 is 3.39. The van der Waals surface area contributed by atoms with E-state index in [0.29, 0.717) is 5.02 Å². The Hall–Kier alpha value is -1.85. The highest BCUT2D eigenvalue weighted by atomic mass is 127. The van der Waals surface area contributed by atoms with E-state index < -0.39 is 0 Å². The lowest BCUT2D eigenvalue weighted by Crippen LogP contribution is -1.97. The molecular weight excluding hydrogens is 419 g/mol. The Morgan fingerprint density at radius 3 is 2.35 bits per heavy atom. The van der Waals surface area contributed by atoms with E-state index in [0.717, 1.165) is 28.1 Å². The van der Waals surface area contributed by atoms with Crippen molar-refractivity contribution in [2.45, 2.75) is 0 Å². The summed E-state index contributed by atoms with van der Waals surface area (Å²) in [6.07, 6.45) is 0. The molecule has 0 aliphatic heterocycles. The van der Waals surface area contributed by atoms with Crippen LogP contribution in [0.5, 0.6) is 0 Å². The minimum Gasteiger partial charge on any atom is -0.292 e. The monoisotopic (exact) mass is 430 g/mol. The summed E-state index contributed by atoms with van der Waals surface area (Å²) in [6, 6.07) is 24.5. The number of halogens is 2. The maximum absolute atomic E-state index is 6.14. The van der Waals surface area contributed by atoms with Crippen molar-refractivity contribution in [3.05, 3.63) is 81.4 Å². The largest absolute Gasteiger partial charge is 0.292 e. The van der Waals surface area contributed by atoms with E-state index in [1.807, 2.05) is 36.4 Å². The number of hydrogen-bond acceptors (Lipinski definition) is 1. The van der Waals surface area contributed by atoms with Crippen LogP contribution in [0.3, 0.4) is 0 Å². The molecule has 2 nitrogen and oxygen atoms in total. The van der Waals surface area contributed by atoms with E-state index in [1.54, 1.807) is 0 Å². The van der Waals surface area contributed by atoms with E-state index in [-0.39, 0.29) is 0 Å². The fraction of sp³-hybridized carbons (Fsp3) is 0. The molecule has 0 radical (unpaired) electrons. The maximum atomic E-state index is 6.14. The normalized spacial score (nSPS) is 11.0. The van der Waals surface area contributed by atoms with Gasteiger partial charge in [-0.2, -0.15) is 0 Å². The van der Waals surface area contributed by atoms with Crippen molar-refractivity contribution in [2.24, 2.45) is 0 Å². The lowest BCUT2D eigenvalue weighted by molar-refractivity contribution is 1.10. The molecule has 4 heteroatoms. The van der Waals surface area contributed by atoms with Gasteiger partial charge >= 0.3 is 0 Å². The van der Waals surface area contributed by atoms with Gasteiger partial charge in [-0.05, 0) is 65.1 Å². The minimum atomic E-state index is 0.698. The summed E-state index contributed by atoms with van der Waals surface area (Å²) >= 11 is 8.46. The predicted octanol–water partition coefficient (Wildman–Crippen LogP) is 5.95. The van der Waals surface area contributed by atoms with E-state index in [9.17, 15) is 0 Å². The number of hydrogen-bond donors (Lipinski definition) is 0. The molecule has 112 valence electrons. The maximum Gasteiger partial charge on any atom is 0.145 e. The molecular formula is C19H12ClIN2. The third-order valence-corrected chi connectivity index (χ3v) is 4.69. The Bertz CT molecular complexity index is 976. The predicted molar refractivity (Wildman–Crippen MR) is 104 cm³/mol. The zero-order valence-electron chi connectivity index (χ0n) is 12.1. The number of imidazole rings is 1. The van der Waals surface area contributed by atoms with E-state index in [4.69, 9.17) is 16.6 Å². The summed E-state index contributed by atoms with van der Waals surface area (Å²) in [5.74, 6) is 0.920. The van der Waals surface area contributed by atoms with Gasteiger partial charge in [0.05, 0.1) is 11.0 Å². The van der Waals surface area contributed by atoms with Crippen molar-refractivity contribution in [3.8, 4) is 17.1 Å². The van der Waals surface area contributed by atoms with Crippen molar-refractivity contribution in [1.82, 2.24) is 9.55 Å². The minimum absolute atomic E-state index is 0.698. The molecule has 0 atom stereocenters. The van der Waals surface area contributed by atoms with Crippen LogP contribution in [0.4, 0.5) is 0 Å². The second-order valence-electron chi connectivity index (χ2n) is 5.25. The quantitative estimate of drug-likeness (QED) is 0.359. The van der Waals surface area contributed by atoms with Gasteiger partial charge in [0.1, 0.15) is 5.82 Å². The number of aromatic nitrogens is 2. The Morgan fingerprint density at radius 1 is 0.870 bits per heavy atom. The molecule has 3 aromatic carbocycles. The van der Waals surface area contributed by atoms with Crippen LogP contribution in [0, 0.1) is 3.57 Å². The highest BCUT2D eigenvalue weighted by molar-refractivity contribution is 14.1. The molecule has 0 aliphatic carbocycles. The summed E-state index contributed by atoms with van der Waals surface area (Å²) in [6.45, 7) is 0. The smallest absolute Gasteiger partial charge is 0.145 e. The van der Waals surface area contributed by atoms with E-state index in [2.05, 4.69) is 63.6 Å². The second-order valence-corrected chi connectivity index (χ2v) is 6.93. The fourth-order valence-electron chi connectivity index (χ4n) is 2.69.